The van der Waals surface area contributed by atoms with Gasteiger partial charge in [-0.1, -0.05) is 146 Å². The zero-order valence-corrected chi connectivity index (χ0v) is 60.3. The molecule has 4 heterocycles. The number of anilines is 2. The van der Waals surface area contributed by atoms with Crippen LogP contribution in [0.25, 0.3) is 50.6 Å². The zero-order valence-electron chi connectivity index (χ0n) is 58.1. The molecule has 8 aromatic rings. The zero-order chi connectivity index (χ0) is 71.2. The average molecular weight is 1510 g/mol. The average Bonchev–Trinajstić information content (AvgIpc) is 1.64. The predicted molar refractivity (Wildman–Crippen MR) is 396 cm³/mol. The Balaban J connectivity index is 0.000000293. The molecular weight excluding hydrogens is 1420 g/mol. The molecule has 1 atom stereocenters. The van der Waals surface area contributed by atoms with Crippen LogP contribution in [0.4, 0.5) is 25.4 Å². The summed E-state index contributed by atoms with van der Waals surface area (Å²) < 4.78 is 73.2. The van der Waals surface area contributed by atoms with E-state index in [-0.39, 0.29) is 89.4 Å². The number of piperidine rings is 2. The molecule has 0 aliphatic carbocycles. The third kappa shape index (κ3) is 18.0. The van der Waals surface area contributed by atoms with Gasteiger partial charge in [0.2, 0.25) is 20.0 Å². The second kappa shape index (κ2) is 33.4. The van der Waals surface area contributed by atoms with E-state index in [1.807, 2.05) is 143 Å². The van der Waals surface area contributed by atoms with E-state index >= 15 is 0 Å². The number of aliphatic imine (C=N–C) groups is 2. The fourth-order valence-electron chi connectivity index (χ4n) is 12.9. The number of aliphatic hydroxyl groups is 1. The first-order valence-corrected chi connectivity index (χ1v) is 35.2. The Labute approximate surface area is 606 Å². The first kappa shape index (κ1) is 77.4. The number of primary amides is 2. The van der Waals surface area contributed by atoms with Crippen LogP contribution in [0.5, 0.6) is 0 Å². The van der Waals surface area contributed by atoms with Crippen molar-refractivity contribution in [2.75, 3.05) is 55.8 Å². The summed E-state index contributed by atoms with van der Waals surface area (Å²) in [5, 5.41) is 14.7. The quantitative estimate of drug-likeness (QED) is 0.0608. The second-order valence-corrected chi connectivity index (χ2v) is 28.8. The normalized spacial score (nSPS) is 16.2. The number of carbonyl (C=O) groups excluding carboxylic acids is 4. The van der Waals surface area contributed by atoms with E-state index < -0.39 is 49.5 Å². The van der Waals surface area contributed by atoms with E-state index in [1.54, 1.807) is 32.3 Å². The second-order valence-electron chi connectivity index (χ2n) is 24.9. The maximum Gasteiger partial charge on any atom is 0.318 e. The molecule has 0 bridgehead atoms. The van der Waals surface area contributed by atoms with Crippen molar-refractivity contribution in [3.8, 4) is 44.5 Å². The van der Waals surface area contributed by atoms with Gasteiger partial charge in [-0.05, 0) is 187 Å². The largest absolute Gasteiger partial charge is 0.412 e. The monoisotopic (exact) mass is 1510 g/mol. The molecule has 0 aromatic heterocycles. The van der Waals surface area contributed by atoms with Crippen LogP contribution < -0.4 is 31.9 Å². The van der Waals surface area contributed by atoms with Crippen LogP contribution in [0.3, 0.4) is 0 Å². The van der Waals surface area contributed by atoms with Gasteiger partial charge in [0.1, 0.15) is 22.7 Å². The molecule has 0 radical (unpaired) electrons. The Morgan fingerprint density at radius 3 is 1.28 bits per heavy atom. The van der Waals surface area contributed by atoms with Crippen LogP contribution >= 0.6 is 0 Å². The third-order valence-corrected chi connectivity index (χ3v) is 21.9. The minimum Gasteiger partial charge on any atom is -0.412 e. The number of hydrogen-bond donors (Lipinski definition) is 5. The van der Waals surface area contributed by atoms with E-state index in [2.05, 4.69) is 65.2 Å². The number of urea groups is 2. The number of nitrogens with zero attached hydrogens (tertiary/aromatic N) is 6. The van der Waals surface area contributed by atoms with Gasteiger partial charge in [-0.2, -0.15) is 4.31 Å². The molecule has 2 spiro atoms. The number of carbonyl (C=O) groups is 4. The van der Waals surface area contributed by atoms with Gasteiger partial charge in [-0.15, -0.1) is 0 Å². The first-order valence-electron chi connectivity index (χ1n) is 32.6. The SMILES string of the molecule is Cc1cc(N(C)C(N)=O)cc(C)c1/C=C/S(=O)(=O)N1CCC2(CC1)N=C(c1cccc(-c3ccccc3-c3ccccc3)c1)NC2=O.Cc1cc(N(C)C(N)=O)cc(C)c1CCS(=O)(=O)N1CCC2(CC1)N=C(c1cccc(-c3ccccc3-c3ccccc3)c1)NC2=O.O.O.[2H]C(C)(O)F.[HH].[Pd]. The topological polar surface area (TPSA) is 334 Å². The van der Waals surface area contributed by atoms with Crippen LogP contribution in [-0.2, 0) is 56.5 Å². The number of nitrogens with one attached hydrogen (secondary N) is 2. The van der Waals surface area contributed by atoms with E-state index in [9.17, 15) is 40.4 Å². The summed E-state index contributed by atoms with van der Waals surface area (Å²) >= 11 is 0. The molecular formula is C76H87FN10O11PdS2. The summed E-state index contributed by atoms with van der Waals surface area (Å²) in [6, 6.07) is 59.0. The molecule has 12 rings (SSSR count). The van der Waals surface area contributed by atoms with Crippen molar-refractivity contribution in [2.45, 2.75) is 84.1 Å². The van der Waals surface area contributed by atoms with Crippen LogP contribution in [0.2, 0.25) is 0 Å². The van der Waals surface area contributed by atoms with Crippen LogP contribution in [0, 0.1) is 27.7 Å². The van der Waals surface area contributed by atoms with E-state index in [0.717, 1.165) is 95.9 Å². The molecule has 11 N–H and O–H groups in total. The number of hydrogen-bond acceptors (Lipinski definition) is 11. The minimum atomic E-state index is -3.76. The van der Waals surface area contributed by atoms with Gasteiger partial charge in [0.05, 0.1) is 7.12 Å². The van der Waals surface area contributed by atoms with Gasteiger partial charge < -0.3 is 38.2 Å². The van der Waals surface area contributed by atoms with Crippen molar-refractivity contribution >= 4 is 73.0 Å². The van der Waals surface area contributed by atoms with Crippen molar-refractivity contribution in [1.82, 2.24) is 19.2 Å². The summed E-state index contributed by atoms with van der Waals surface area (Å²) in [7, 11) is -4.15. The number of amides is 6. The molecule has 25 heteroatoms. The summed E-state index contributed by atoms with van der Waals surface area (Å²) in [6.07, 6.45) is 0.347. The molecule has 4 aliphatic heterocycles. The molecule has 101 heavy (non-hydrogen) atoms. The number of sulfonamides is 2. The minimum absolute atomic E-state index is 0. The number of nitrogens with two attached hydrogens (primary N) is 2. The first-order chi connectivity index (χ1) is 46.9. The number of alkyl halides is 1. The van der Waals surface area contributed by atoms with E-state index in [4.69, 9.17) is 27.9 Å². The van der Waals surface area contributed by atoms with Gasteiger partial charge in [-0.25, -0.2) is 35.1 Å². The standard InChI is InChI=1S/C37H39N5O4S.C37H37N5O4S.C2H5FO.2H2O.Pd.H2/c2*1-25-22-30(41(3)36(38)44)23-26(2)31(25)16-21-47(45,46)42-19-17-37(18-20-42)35(43)39-34(40-37)29-13-9-12-28(24-29)33-15-8-7-14-32(33)27-10-5-4-6-11-27;1-2(3)4;;;;/h4-15,22-24H,16-21H2,1-3H3,(H2,38,44)(H,39,40,43);4-16,21-24H,17-20H2,1-3H3,(H2,38,44)(H,39,40,43);2,4H,1H3;2*1H2;;1H/b;21-16+;;;;;/i;;2D;;;;. The Hall–Kier alpha value is -9.39. The van der Waals surface area contributed by atoms with Crippen molar-refractivity contribution in [1.29, 1.82) is 0 Å². The number of rotatable bonds is 15. The Bertz CT molecular complexity index is 4690. The van der Waals surface area contributed by atoms with Gasteiger partial charge >= 0.3 is 12.1 Å². The fourth-order valence-corrected chi connectivity index (χ4v) is 15.6. The molecule has 4 aliphatic rings. The fraction of sp³-hybridized carbons (Fsp3) is 0.263. The number of halogens is 1. The van der Waals surface area contributed by atoms with E-state index in [1.165, 1.54) is 23.8 Å². The van der Waals surface area contributed by atoms with E-state index in [0.29, 0.717) is 42.3 Å². The third-order valence-electron chi connectivity index (χ3n) is 18.4. The Kier molecular flexibility index (Phi) is 25.6. The smallest absolute Gasteiger partial charge is 0.318 e. The molecule has 536 valence electrons. The number of amidine groups is 2. The Morgan fingerprint density at radius 2 is 0.901 bits per heavy atom. The maximum absolute atomic E-state index is 13.4. The van der Waals surface area contributed by atoms with Gasteiger partial charge in [0.25, 0.3) is 11.8 Å². The van der Waals surface area contributed by atoms with Gasteiger partial charge in [-0.3, -0.25) is 29.4 Å². The summed E-state index contributed by atoms with van der Waals surface area (Å²) in [5.74, 6) is 0.572. The summed E-state index contributed by atoms with van der Waals surface area (Å²) in [5.41, 5.74) is 25.5. The summed E-state index contributed by atoms with van der Waals surface area (Å²) in [6.45, 7) is 9.04. The Morgan fingerprint density at radius 1 is 0.574 bits per heavy atom. The van der Waals surface area contributed by atoms with Crippen molar-refractivity contribution < 1.29 is 79.7 Å². The van der Waals surface area contributed by atoms with Gasteiger partial charge in [0.15, 0.2) is 6.33 Å². The predicted octanol–water partition coefficient (Wildman–Crippen LogP) is 10.2. The van der Waals surface area contributed by atoms with Crippen LogP contribution in [-0.4, -0.2) is 140 Å². The van der Waals surface area contributed by atoms with Crippen molar-refractivity contribution in [2.24, 2.45) is 21.5 Å². The molecule has 1 unspecified atom stereocenters. The maximum atomic E-state index is 13.4. The molecule has 21 nitrogen and oxygen atoms in total. The summed E-state index contributed by atoms with van der Waals surface area (Å²) in [4.78, 5) is 62.4. The molecule has 8 aromatic carbocycles. The number of aryl methyl sites for hydroxylation is 4. The van der Waals surface area contributed by atoms with Crippen molar-refractivity contribution in [3.05, 3.63) is 232 Å². The number of benzene rings is 8. The molecule has 6 amide bonds. The van der Waals surface area contributed by atoms with Crippen LogP contribution in [0.15, 0.2) is 197 Å². The van der Waals surface area contributed by atoms with Crippen molar-refractivity contribution in [3.63, 3.8) is 0 Å². The molecule has 2 saturated heterocycles. The van der Waals surface area contributed by atoms with Crippen LogP contribution in [0.1, 0.15) is 79.9 Å². The molecule has 2 fully saturated rings. The van der Waals surface area contributed by atoms with Gasteiger partial charge in [0, 0.05) is 90.0 Å². The molecule has 0 saturated carbocycles.